The summed E-state index contributed by atoms with van der Waals surface area (Å²) >= 11 is 0. The van der Waals surface area contributed by atoms with Crippen molar-refractivity contribution in [3.63, 3.8) is 0 Å². The lowest BCUT2D eigenvalue weighted by molar-refractivity contribution is 0.0962. The Morgan fingerprint density at radius 3 is 2.29 bits per heavy atom. The van der Waals surface area contributed by atoms with Crippen LogP contribution in [0.3, 0.4) is 0 Å². The predicted molar refractivity (Wildman–Crippen MR) is 68.4 cm³/mol. The fourth-order valence-electron chi connectivity index (χ4n) is 1.40. The number of carbonyl (C=O) groups is 1. The Balaban J connectivity index is 2.00. The maximum Gasteiger partial charge on any atom is 0.269 e. The van der Waals surface area contributed by atoms with Crippen LogP contribution in [-0.4, -0.2) is 5.91 Å². The van der Waals surface area contributed by atoms with Crippen LogP contribution in [0.15, 0.2) is 54.6 Å². The highest BCUT2D eigenvalue weighted by Gasteiger charge is 2.03. The van der Waals surface area contributed by atoms with Crippen LogP contribution in [0.1, 0.15) is 10.4 Å². The largest absolute Gasteiger partial charge is 0.397 e. The average molecular weight is 227 g/mol. The second-order valence-electron chi connectivity index (χ2n) is 3.53. The van der Waals surface area contributed by atoms with E-state index in [2.05, 4.69) is 10.9 Å². The van der Waals surface area contributed by atoms with Gasteiger partial charge in [0.1, 0.15) is 0 Å². The van der Waals surface area contributed by atoms with Crippen molar-refractivity contribution >= 4 is 17.3 Å². The summed E-state index contributed by atoms with van der Waals surface area (Å²) in [4.78, 5) is 11.7. The van der Waals surface area contributed by atoms with Gasteiger partial charge in [-0.15, -0.1) is 0 Å². The Morgan fingerprint density at radius 1 is 0.941 bits per heavy atom. The highest BCUT2D eigenvalue weighted by molar-refractivity contribution is 5.95. The third-order valence-corrected chi connectivity index (χ3v) is 2.31. The molecule has 0 bridgehead atoms. The van der Waals surface area contributed by atoms with E-state index in [4.69, 9.17) is 5.73 Å². The van der Waals surface area contributed by atoms with E-state index in [0.717, 1.165) is 0 Å². The number of carbonyl (C=O) groups excluding carboxylic acids is 1. The lowest BCUT2D eigenvalue weighted by atomic mass is 10.2. The molecule has 0 aliphatic carbocycles. The van der Waals surface area contributed by atoms with Crippen LogP contribution < -0.4 is 16.6 Å². The first kappa shape index (κ1) is 11.0. The van der Waals surface area contributed by atoms with Gasteiger partial charge in [0.05, 0.1) is 11.4 Å². The predicted octanol–water partition coefficient (Wildman–Crippen LogP) is 2.03. The second-order valence-corrected chi connectivity index (χ2v) is 3.53. The fraction of sp³-hybridized carbons (Fsp3) is 0. The van der Waals surface area contributed by atoms with E-state index in [0.29, 0.717) is 16.9 Å². The number of nitrogen functional groups attached to an aromatic ring is 1. The van der Waals surface area contributed by atoms with Crippen molar-refractivity contribution < 1.29 is 4.79 Å². The molecule has 0 aliphatic rings. The maximum atomic E-state index is 11.7. The topological polar surface area (TPSA) is 67.2 Å². The first-order valence-corrected chi connectivity index (χ1v) is 5.23. The molecule has 4 heteroatoms. The van der Waals surface area contributed by atoms with E-state index in [-0.39, 0.29) is 5.91 Å². The third kappa shape index (κ3) is 2.75. The van der Waals surface area contributed by atoms with Gasteiger partial charge in [0, 0.05) is 5.56 Å². The highest BCUT2D eigenvalue weighted by Crippen LogP contribution is 2.15. The van der Waals surface area contributed by atoms with Gasteiger partial charge in [-0.2, -0.15) is 0 Å². The normalized spacial score (nSPS) is 9.65. The molecule has 0 atom stereocenters. The van der Waals surface area contributed by atoms with Gasteiger partial charge in [-0.25, -0.2) is 0 Å². The Bertz CT molecular complexity index is 511. The second kappa shape index (κ2) is 5.03. The first-order chi connectivity index (χ1) is 8.27. The molecule has 86 valence electrons. The molecular weight excluding hydrogens is 214 g/mol. The van der Waals surface area contributed by atoms with E-state index in [9.17, 15) is 4.79 Å². The molecule has 4 N–H and O–H groups in total. The standard InChI is InChI=1S/C13H13N3O/c14-11-8-4-5-9-12(11)15-16-13(17)10-6-2-1-3-7-10/h1-9,15H,14H2,(H,16,17). The molecule has 1 amide bonds. The number of hydrazine groups is 1. The van der Waals surface area contributed by atoms with E-state index in [1.54, 1.807) is 24.3 Å². The number of anilines is 2. The zero-order chi connectivity index (χ0) is 12.1. The summed E-state index contributed by atoms with van der Waals surface area (Å²) in [5, 5.41) is 0. The molecule has 0 heterocycles. The van der Waals surface area contributed by atoms with Gasteiger partial charge in [0.15, 0.2) is 0 Å². The molecule has 0 spiro atoms. The van der Waals surface area contributed by atoms with Gasteiger partial charge in [-0.1, -0.05) is 30.3 Å². The van der Waals surface area contributed by atoms with Gasteiger partial charge in [0.2, 0.25) is 0 Å². The summed E-state index contributed by atoms with van der Waals surface area (Å²) < 4.78 is 0. The van der Waals surface area contributed by atoms with Crippen LogP contribution in [0.4, 0.5) is 11.4 Å². The molecule has 0 saturated carbocycles. The molecule has 0 saturated heterocycles. The number of nitrogens with one attached hydrogen (secondary N) is 2. The van der Waals surface area contributed by atoms with E-state index >= 15 is 0 Å². The Hall–Kier alpha value is -2.49. The molecule has 17 heavy (non-hydrogen) atoms. The number of hydrogen-bond donors (Lipinski definition) is 3. The molecular formula is C13H13N3O. The minimum atomic E-state index is -0.200. The van der Waals surface area contributed by atoms with Crippen molar-refractivity contribution in [2.75, 3.05) is 11.2 Å². The van der Waals surface area contributed by atoms with Crippen LogP contribution in [0, 0.1) is 0 Å². The Labute approximate surface area is 99.4 Å². The summed E-state index contributed by atoms with van der Waals surface area (Å²) in [5.74, 6) is -0.200. The minimum absolute atomic E-state index is 0.200. The number of benzene rings is 2. The maximum absolute atomic E-state index is 11.7. The van der Waals surface area contributed by atoms with Crippen molar-refractivity contribution in [1.29, 1.82) is 0 Å². The molecule has 0 aromatic heterocycles. The van der Waals surface area contributed by atoms with Crippen molar-refractivity contribution in [1.82, 2.24) is 5.43 Å². The fourth-order valence-corrected chi connectivity index (χ4v) is 1.40. The van der Waals surface area contributed by atoms with Crippen LogP contribution in [0.25, 0.3) is 0 Å². The van der Waals surface area contributed by atoms with Crippen molar-refractivity contribution in [3.05, 3.63) is 60.2 Å². The third-order valence-electron chi connectivity index (χ3n) is 2.31. The zero-order valence-corrected chi connectivity index (χ0v) is 9.18. The lowest BCUT2D eigenvalue weighted by Crippen LogP contribution is -2.29. The Kier molecular flexibility index (Phi) is 3.25. The van der Waals surface area contributed by atoms with Crippen molar-refractivity contribution in [2.24, 2.45) is 0 Å². The van der Waals surface area contributed by atoms with Crippen molar-refractivity contribution in [3.8, 4) is 0 Å². The lowest BCUT2D eigenvalue weighted by Gasteiger charge is -2.10. The summed E-state index contributed by atoms with van der Waals surface area (Å²) in [6.45, 7) is 0. The zero-order valence-electron chi connectivity index (χ0n) is 9.18. The molecule has 2 aromatic carbocycles. The summed E-state index contributed by atoms with van der Waals surface area (Å²) in [5.41, 5.74) is 13.0. The average Bonchev–Trinajstić information content (AvgIpc) is 2.38. The van der Waals surface area contributed by atoms with Gasteiger partial charge < -0.3 is 5.73 Å². The quantitative estimate of drug-likeness (QED) is 0.555. The SMILES string of the molecule is Nc1ccccc1NNC(=O)c1ccccc1. The summed E-state index contributed by atoms with van der Waals surface area (Å²) in [7, 11) is 0. The van der Waals surface area contributed by atoms with Crippen LogP contribution in [-0.2, 0) is 0 Å². The van der Waals surface area contributed by atoms with Crippen LogP contribution >= 0.6 is 0 Å². The van der Waals surface area contributed by atoms with Gasteiger partial charge in [-0.05, 0) is 24.3 Å². The van der Waals surface area contributed by atoms with Gasteiger partial charge in [-0.3, -0.25) is 15.6 Å². The van der Waals surface area contributed by atoms with E-state index in [1.807, 2.05) is 30.3 Å². The highest BCUT2D eigenvalue weighted by atomic mass is 16.2. The van der Waals surface area contributed by atoms with Crippen LogP contribution in [0.2, 0.25) is 0 Å². The molecule has 0 fully saturated rings. The van der Waals surface area contributed by atoms with Crippen molar-refractivity contribution in [2.45, 2.75) is 0 Å². The van der Waals surface area contributed by atoms with Gasteiger partial charge >= 0.3 is 0 Å². The van der Waals surface area contributed by atoms with Gasteiger partial charge in [0.25, 0.3) is 5.91 Å². The Morgan fingerprint density at radius 2 is 1.59 bits per heavy atom. The first-order valence-electron chi connectivity index (χ1n) is 5.23. The van der Waals surface area contributed by atoms with Crippen LogP contribution in [0.5, 0.6) is 0 Å². The molecule has 0 radical (unpaired) electrons. The molecule has 2 rings (SSSR count). The smallest absolute Gasteiger partial charge is 0.269 e. The number of amides is 1. The number of hydrogen-bond acceptors (Lipinski definition) is 3. The number of nitrogens with two attached hydrogens (primary N) is 1. The minimum Gasteiger partial charge on any atom is -0.397 e. The summed E-state index contributed by atoms with van der Waals surface area (Å²) in [6, 6.07) is 16.2. The number of para-hydroxylation sites is 2. The molecule has 0 unspecified atom stereocenters. The molecule has 2 aromatic rings. The molecule has 4 nitrogen and oxygen atoms in total. The molecule has 0 aliphatic heterocycles. The monoisotopic (exact) mass is 227 g/mol. The van der Waals surface area contributed by atoms with E-state index < -0.39 is 0 Å². The number of rotatable bonds is 3. The van der Waals surface area contributed by atoms with E-state index in [1.165, 1.54) is 0 Å². The summed E-state index contributed by atoms with van der Waals surface area (Å²) in [6.07, 6.45) is 0.